The summed E-state index contributed by atoms with van der Waals surface area (Å²) in [7, 11) is -3.53. The van der Waals surface area contributed by atoms with E-state index in [4.69, 9.17) is 10.3 Å². The van der Waals surface area contributed by atoms with Crippen molar-refractivity contribution >= 4 is 33.5 Å². The van der Waals surface area contributed by atoms with E-state index in [1.807, 2.05) is 6.92 Å². The van der Waals surface area contributed by atoms with Gasteiger partial charge in [-0.2, -0.15) is 4.31 Å². The summed E-state index contributed by atoms with van der Waals surface area (Å²) < 4.78 is 32.1. The quantitative estimate of drug-likeness (QED) is 0.887. The van der Waals surface area contributed by atoms with Crippen LogP contribution in [-0.2, 0) is 16.4 Å². The number of nitrogens with zero attached hydrogens (tertiary/aromatic N) is 3. The van der Waals surface area contributed by atoms with E-state index in [9.17, 15) is 8.42 Å². The number of aromatic nitrogens is 2. The third kappa shape index (κ3) is 3.35. The summed E-state index contributed by atoms with van der Waals surface area (Å²) in [5, 5.41) is 4.58. The molecule has 1 saturated heterocycles. The van der Waals surface area contributed by atoms with E-state index >= 15 is 0 Å². The molecule has 0 aliphatic carbocycles. The number of rotatable bonds is 4. The van der Waals surface area contributed by atoms with E-state index in [0.29, 0.717) is 43.1 Å². The van der Waals surface area contributed by atoms with Crippen molar-refractivity contribution in [1.82, 2.24) is 14.4 Å². The molecule has 0 aromatic carbocycles. The first-order valence-corrected chi connectivity index (χ1v) is 8.94. The van der Waals surface area contributed by atoms with Crippen LogP contribution in [0.5, 0.6) is 0 Å². The van der Waals surface area contributed by atoms with Crippen LogP contribution in [0.25, 0.3) is 11.1 Å². The number of sulfonamides is 1. The molecule has 0 radical (unpaired) electrons. The van der Waals surface area contributed by atoms with Crippen molar-refractivity contribution in [3.05, 3.63) is 18.0 Å². The van der Waals surface area contributed by atoms with Crippen molar-refractivity contribution in [1.29, 1.82) is 0 Å². The maximum Gasteiger partial charge on any atom is 0.258 e. The van der Waals surface area contributed by atoms with Gasteiger partial charge in [-0.15, -0.1) is 12.4 Å². The molecule has 9 heteroatoms. The molecule has 0 amide bonds. The minimum atomic E-state index is -3.53. The standard InChI is InChI=1S/C14H20N4O3S.ClH/c1-2-13-12-7-11(9-16-14(12)21-17-13)22(19,20)18-5-3-10(8-15)4-6-18;/h7,9-10H,2-6,8,15H2,1H3;1H. The lowest BCUT2D eigenvalue weighted by Gasteiger charge is -2.30. The minimum absolute atomic E-state index is 0. The summed E-state index contributed by atoms with van der Waals surface area (Å²) in [4.78, 5) is 4.29. The molecular weight excluding hydrogens is 340 g/mol. The zero-order valence-electron chi connectivity index (χ0n) is 12.9. The van der Waals surface area contributed by atoms with Crippen LogP contribution in [0.4, 0.5) is 0 Å². The zero-order valence-corrected chi connectivity index (χ0v) is 14.6. The molecule has 1 aliphatic rings. The maximum atomic E-state index is 12.8. The summed E-state index contributed by atoms with van der Waals surface area (Å²) >= 11 is 0. The van der Waals surface area contributed by atoms with Gasteiger partial charge in [0.2, 0.25) is 10.0 Å². The van der Waals surface area contributed by atoms with E-state index in [-0.39, 0.29) is 17.3 Å². The Labute approximate surface area is 141 Å². The fraction of sp³-hybridized carbons (Fsp3) is 0.571. The second-order valence-electron chi connectivity index (χ2n) is 5.59. The lowest BCUT2D eigenvalue weighted by Crippen LogP contribution is -2.40. The Bertz CT molecular complexity index is 769. The van der Waals surface area contributed by atoms with E-state index in [1.165, 1.54) is 10.5 Å². The van der Waals surface area contributed by atoms with Gasteiger partial charge in [0.15, 0.2) is 0 Å². The fourth-order valence-electron chi connectivity index (χ4n) is 2.79. The largest absolute Gasteiger partial charge is 0.336 e. The molecule has 128 valence electrons. The van der Waals surface area contributed by atoms with Crippen LogP contribution < -0.4 is 5.73 Å². The molecule has 7 nitrogen and oxygen atoms in total. The van der Waals surface area contributed by atoms with Crippen molar-refractivity contribution in [2.75, 3.05) is 19.6 Å². The molecule has 2 aromatic heterocycles. The van der Waals surface area contributed by atoms with E-state index in [0.717, 1.165) is 18.5 Å². The topological polar surface area (TPSA) is 102 Å². The summed E-state index contributed by atoms with van der Waals surface area (Å²) in [6.07, 6.45) is 3.62. The number of halogens is 1. The van der Waals surface area contributed by atoms with Crippen molar-refractivity contribution < 1.29 is 12.9 Å². The average Bonchev–Trinajstić information content (AvgIpc) is 2.97. The third-order valence-corrected chi connectivity index (χ3v) is 6.12. The monoisotopic (exact) mass is 360 g/mol. The lowest BCUT2D eigenvalue weighted by atomic mass is 9.99. The zero-order chi connectivity index (χ0) is 15.7. The van der Waals surface area contributed by atoms with Gasteiger partial charge in [0.05, 0.1) is 17.3 Å². The van der Waals surface area contributed by atoms with Crippen LogP contribution >= 0.6 is 12.4 Å². The van der Waals surface area contributed by atoms with Crippen LogP contribution in [0, 0.1) is 5.92 Å². The molecule has 2 aromatic rings. The van der Waals surface area contributed by atoms with Crippen LogP contribution in [0.3, 0.4) is 0 Å². The third-order valence-electron chi connectivity index (χ3n) is 4.26. The highest BCUT2D eigenvalue weighted by Gasteiger charge is 2.29. The van der Waals surface area contributed by atoms with Gasteiger partial charge in [0.1, 0.15) is 4.90 Å². The number of fused-ring (bicyclic) bond motifs is 1. The Morgan fingerprint density at radius 3 is 2.70 bits per heavy atom. The molecule has 3 heterocycles. The second-order valence-corrected chi connectivity index (χ2v) is 7.53. The Morgan fingerprint density at radius 1 is 1.39 bits per heavy atom. The van der Waals surface area contributed by atoms with Gasteiger partial charge in [0, 0.05) is 13.1 Å². The summed E-state index contributed by atoms with van der Waals surface area (Å²) in [5.74, 6) is 0.414. The maximum absolute atomic E-state index is 12.8. The molecule has 0 bridgehead atoms. The number of piperidine rings is 1. The number of aryl methyl sites for hydroxylation is 1. The van der Waals surface area contributed by atoms with Crippen molar-refractivity contribution in [3.8, 4) is 0 Å². The lowest BCUT2D eigenvalue weighted by molar-refractivity contribution is 0.278. The number of nitrogens with two attached hydrogens (primary N) is 1. The molecule has 2 N–H and O–H groups in total. The first-order chi connectivity index (χ1) is 10.6. The van der Waals surface area contributed by atoms with Crippen LogP contribution in [0.2, 0.25) is 0 Å². The summed E-state index contributed by atoms with van der Waals surface area (Å²) in [6.45, 7) is 3.57. The van der Waals surface area contributed by atoms with Gasteiger partial charge in [-0.1, -0.05) is 12.1 Å². The molecule has 0 unspecified atom stereocenters. The van der Waals surface area contributed by atoms with E-state index in [2.05, 4.69) is 10.1 Å². The van der Waals surface area contributed by atoms with E-state index < -0.39 is 10.0 Å². The Hall–Kier alpha value is -1.22. The van der Waals surface area contributed by atoms with Gasteiger partial charge in [-0.3, -0.25) is 0 Å². The molecular formula is C14H21ClN4O3S. The van der Waals surface area contributed by atoms with Crippen LogP contribution in [0.15, 0.2) is 21.7 Å². The Balaban J connectivity index is 0.00000192. The summed E-state index contributed by atoms with van der Waals surface area (Å²) in [6, 6.07) is 1.61. The molecule has 1 fully saturated rings. The molecule has 23 heavy (non-hydrogen) atoms. The first kappa shape index (κ1) is 18.1. The Kier molecular flexibility index (Phi) is 5.61. The smallest absolute Gasteiger partial charge is 0.258 e. The van der Waals surface area contributed by atoms with Crippen LogP contribution in [0.1, 0.15) is 25.5 Å². The normalized spacial score (nSPS) is 17.3. The predicted molar refractivity (Wildman–Crippen MR) is 89.0 cm³/mol. The van der Waals surface area contributed by atoms with Gasteiger partial charge in [0.25, 0.3) is 5.71 Å². The highest BCUT2D eigenvalue weighted by molar-refractivity contribution is 7.89. The van der Waals surface area contributed by atoms with Gasteiger partial charge in [-0.25, -0.2) is 13.4 Å². The van der Waals surface area contributed by atoms with Crippen molar-refractivity contribution in [2.45, 2.75) is 31.1 Å². The minimum Gasteiger partial charge on any atom is -0.336 e. The SMILES string of the molecule is CCc1noc2ncc(S(=O)(=O)N3CCC(CN)CC3)cc12.Cl. The molecule has 0 spiro atoms. The van der Waals surface area contributed by atoms with Crippen molar-refractivity contribution in [3.63, 3.8) is 0 Å². The molecule has 1 aliphatic heterocycles. The number of pyridine rings is 1. The van der Waals surface area contributed by atoms with Crippen LogP contribution in [-0.4, -0.2) is 42.5 Å². The van der Waals surface area contributed by atoms with Gasteiger partial charge in [-0.05, 0) is 37.8 Å². The number of hydrogen-bond acceptors (Lipinski definition) is 6. The molecule has 3 rings (SSSR count). The summed E-state index contributed by atoms with van der Waals surface area (Å²) in [5.41, 5.74) is 6.75. The average molecular weight is 361 g/mol. The fourth-order valence-corrected chi connectivity index (χ4v) is 4.23. The second kappa shape index (κ2) is 7.12. The highest BCUT2D eigenvalue weighted by atomic mass is 35.5. The van der Waals surface area contributed by atoms with Gasteiger partial charge >= 0.3 is 0 Å². The molecule has 0 saturated carbocycles. The van der Waals surface area contributed by atoms with Crippen molar-refractivity contribution in [2.24, 2.45) is 11.7 Å². The first-order valence-electron chi connectivity index (χ1n) is 7.50. The van der Waals surface area contributed by atoms with Gasteiger partial charge < -0.3 is 10.3 Å². The Morgan fingerprint density at radius 2 is 2.09 bits per heavy atom. The number of hydrogen-bond donors (Lipinski definition) is 1. The predicted octanol–water partition coefficient (Wildman–Crippen LogP) is 1.57. The van der Waals surface area contributed by atoms with E-state index in [1.54, 1.807) is 6.07 Å². The molecule has 0 atom stereocenters. The highest BCUT2D eigenvalue weighted by Crippen LogP contribution is 2.26.